The van der Waals surface area contributed by atoms with Gasteiger partial charge in [-0.05, 0) is 12.1 Å². The predicted molar refractivity (Wildman–Crippen MR) is 89.7 cm³/mol. The Balaban J connectivity index is 1.57. The molecule has 9 heteroatoms. The largest absolute Gasteiger partial charge is 0.482 e. The molecule has 7 nitrogen and oxygen atoms in total. The molecule has 2 aromatic heterocycles. The Kier molecular flexibility index (Phi) is 5.25. The van der Waals surface area contributed by atoms with Crippen LogP contribution < -0.4 is 10.1 Å². The highest BCUT2D eigenvalue weighted by Gasteiger charge is 2.14. The third kappa shape index (κ3) is 4.32. The van der Waals surface area contributed by atoms with Gasteiger partial charge in [-0.15, -0.1) is 0 Å². The second-order valence-corrected chi connectivity index (χ2v) is 5.86. The molecule has 0 bridgehead atoms. The number of para-hydroxylation sites is 1. The van der Waals surface area contributed by atoms with Gasteiger partial charge >= 0.3 is 0 Å². The van der Waals surface area contributed by atoms with Crippen LogP contribution in [0, 0.1) is 6.92 Å². The molecule has 3 aromatic rings. The topological polar surface area (TPSA) is 90.4 Å². The van der Waals surface area contributed by atoms with E-state index in [-0.39, 0.29) is 18.8 Å². The van der Waals surface area contributed by atoms with E-state index < -0.39 is 5.91 Å². The van der Waals surface area contributed by atoms with Gasteiger partial charge in [0, 0.05) is 13.0 Å². The van der Waals surface area contributed by atoms with Crippen molar-refractivity contribution in [2.45, 2.75) is 20.1 Å². The van der Waals surface area contributed by atoms with Crippen LogP contribution in [0.1, 0.15) is 27.9 Å². The second kappa shape index (κ2) is 7.58. The summed E-state index contributed by atoms with van der Waals surface area (Å²) in [5.41, 5.74) is 0.125. The summed E-state index contributed by atoms with van der Waals surface area (Å²) in [5, 5.41) is 7.13. The lowest BCUT2D eigenvalue weighted by atomic mass is 10.3. The number of aryl methyl sites for hydroxylation is 1. The normalized spacial score (nSPS) is 10.7. The molecule has 0 radical (unpaired) electrons. The molecule has 0 aliphatic rings. The number of hydrogen-bond acceptors (Lipinski definition) is 6. The molecule has 0 aliphatic carbocycles. The molecule has 2 heterocycles. The molecule has 0 fully saturated rings. The van der Waals surface area contributed by atoms with E-state index in [1.807, 2.05) is 0 Å². The predicted octanol–water partition coefficient (Wildman–Crippen LogP) is 3.79. The van der Waals surface area contributed by atoms with Gasteiger partial charge in [0.05, 0.1) is 22.8 Å². The van der Waals surface area contributed by atoms with E-state index in [4.69, 9.17) is 36.9 Å². The van der Waals surface area contributed by atoms with Gasteiger partial charge in [-0.3, -0.25) is 4.79 Å². The van der Waals surface area contributed by atoms with E-state index in [1.54, 1.807) is 31.3 Å². The Hall–Kier alpha value is -2.51. The van der Waals surface area contributed by atoms with Crippen LogP contribution in [0.2, 0.25) is 10.0 Å². The van der Waals surface area contributed by atoms with Crippen LogP contribution in [0.3, 0.4) is 0 Å². The van der Waals surface area contributed by atoms with Gasteiger partial charge in [0.25, 0.3) is 5.91 Å². The number of rotatable bonds is 6. The second-order valence-electron chi connectivity index (χ2n) is 5.05. The highest BCUT2D eigenvalue weighted by Crippen LogP contribution is 2.32. The van der Waals surface area contributed by atoms with Crippen LogP contribution in [0.5, 0.6) is 5.75 Å². The van der Waals surface area contributed by atoms with E-state index in [9.17, 15) is 4.79 Å². The Morgan fingerprint density at radius 1 is 1.28 bits per heavy atom. The van der Waals surface area contributed by atoms with Crippen molar-refractivity contribution in [3.8, 4) is 5.75 Å². The summed E-state index contributed by atoms with van der Waals surface area (Å²) in [6.45, 7) is 1.96. The Labute approximate surface area is 152 Å². The SMILES string of the molecule is Cc1ncc(CNC(=O)c2cc(COc3c(Cl)cccc3Cl)on2)o1. The molecule has 1 N–H and O–H groups in total. The first-order chi connectivity index (χ1) is 12.0. The van der Waals surface area contributed by atoms with Crippen molar-refractivity contribution in [3.05, 3.63) is 63.6 Å². The van der Waals surface area contributed by atoms with E-state index in [1.165, 1.54) is 6.07 Å². The maximum Gasteiger partial charge on any atom is 0.273 e. The number of carbonyl (C=O) groups is 1. The van der Waals surface area contributed by atoms with E-state index in [0.717, 1.165) is 0 Å². The summed E-state index contributed by atoms with van der Waals surface area (Å²) in [6, 6.07) is 6.51. The molecule has 1 aromatic carbocycles. The highest BCUT2D eigenvalue weighted by atomic mass is 35.5. The first-order valence-electron chi connectivity index (χ1n) is 7.25. The number of benzene rings is 1. The zero-order chi connectivity index (χ0) is 17.8. The van der Waals surface area contributed by atoms with Crippen LogP contribution >= 0.6 is 23.2 Å². The number of hydrogen-bond donors (Lipinski definition) is 1. The minimum absolute atomic E-state index is 0.0328. The molecule has 1 amide bonds. The average molecular weight is 382 g/mol. The molecule has 0 saturated heterocycles. The minimum atomic E-state index is -0.403. The smallest absolute Gasteiger partial charge is 0.273 e. The number of carbonyl (C=O) groups excluding carboxylic acids is 1. The molecule has 0 aliphatic heterocycles. The summed E-state index contributed by atoms with van der Waals surface area (Å²) in [4.78, 5) is 16.0. The minimum Gasteiger partial charge on any atom is -0.482 e. The van der Waals surface area contributed by atoms with Crippen molar-refractivity contribution in [2.24, 2.45) is 0 Å². The van der Waals surface area contributed by atoms with Crippen LogP contribution in [-0.2, 0) is 13.2 Å². The Morgan fingerprint density at radius 2 is 2.04 bits per heavy atom. The summed E-state index contributed by atoms with van der Waals surface area (Å²) in [7, 11) is 0. The molecular weight excluding hydrogens is 369 g/mol. The van der Waals surface area contributed by atoms with Crippen LogP contribution in [-0.4, -0.2) is 16.0 Å². The fraction of sp³-hybridized carbons (Fsp3) is 0.188. The van der Waals surface area contributed by atoms with Crippen molar-refractivity contribution < 1.29 is 18.5 Å². The van der Waals surface area contributed by atoms with Gasteiger partial charge in [-0.1, -0.05) is 34.4 Å². The van der Waals surface area contributed by atoms with Gasteiger partial charge in [0.1, 0.15) is 12.4 Å². The molecule has 0 saturated carbocycles. The van der Waals surface area contributed by atoms with Gasteiger partial charge in [-0.25, -0.2) is 4.98 Å². The van der Waals surface area contributed by atoms with Crippen LogP contribution in [0.25, 0.3) is 0 Å². The highest BCUT2D eigenvalue weighted by molar-refractivity contribution is 6.37. The number of oxazole rings is 1. The zero-order valence-electron chi connectivity index (χ0n) is 13.1. The number of aromatic nitrogens is 2. The van der Waals surface area contributed by atoms with Gasteiger partial charge < -0.3 is 19.0 Å². The molecule has 130 valence electrons. The molecule has 0 unspecified atom stereocenters. The van der Waals surface area contributed by atoms with Crippen LogP contribution in [0.15, 0.2) is 39.4 Å². The fourth-order valence-corrected chi connectivity index (χ4v) is 2.50. The molecule has 0 spiro atoms. The quantitative estimate of drug-likeness (QED) is 0.698. The van der Waals surface area contributed by atoms with Crippen molar-refractivity contribution in [1.82, 2.24) is 15.5 Å². The van der Waals surface area contributed by atoms with Crippen molar-refractivity contribution in [3.63, 3.8) is 0 Å². The first kappa shape index (κ1) is 17.3. The molecular formula is C16H13Cl2N3O4. The number of halogens is 2. The van der Waals surface area contributed by atoms with E-state index >= 15 is 0 Å². The summed E-state index contributed by atoms with van der Waals surface area (Å²) in [5.74, 6) is 1.38. The van der Waals surface area contributed by atoms with Gasteiger partial charge in [-0.2, -0.15) is 0 Å². The Morgan fingerprint density at radius 3 is 2.72 bits per heavy atom. The lowest BCUT2D eigenvalue weighted by Gasteiger charge is -2.07. The van der Waals surface area contributed by atoms with E-state index in [0.29, 0.717) is 33.2 Å². The average Bonchev–Trinajstić information content (AvgIpc) is 3.21. The fourth-order valence-electron chi connectivity index (χ4n) is 2.00. The third-order valence-electron chi connectivity index (χ3n) is 3.16. The van der Waals surface area contributed by atoms with Crippen LogP contribution in [0.4, 0.5) is 0 Å². The van der Waals surface area contributed by atoms with Gasteiger partial charge in [0.15, 0.2) is 23.1 Å². The summed E-state index contributed by atoms with van der Waals surface area (Å²) < 4.78 is 15.9. The Bertz CT molecular complexity index is 871. The number of ether oxygens (including phenoxy) is 1. The van der Waals surface area contributed by atoms with E-state index in [2.05, 4.69) is 15.5 Å². The molecule has 0 atom stereocenters. The number of nitrogens with zero attached hydrogens (tertiary/aromatic N) is 2. The first-order valence-corrected chi connectivity index (χ1v) is 8.00. The lowest BCUT2D eigenvalue weighted by Crippen LogP contribution is -2.22. The van der Waals surface area contributed by atoms with Crippen molar-refractivity contribution in [2.75, 3.05) is 0 Å². The summed E-state index contributed by atoms with van der Waals surface area (Å²) in [6.07, 6.45) is 1.55. The van der Waals surface area contributed by atoms with Crippen molar-refractivity contribution in [1.29, 1.82) is 0 Å². The zero-order valence-corrected chi connectivity index (χ0v) is 14.6. The van der Waals surface area contributed by atoms with Crippen molar-refractivity contribution >= 4 is 29.1 Å². The lowest BCUT2D eigenvalue weighted by molar-refractivity contribution is 0.0938. The maximum absolute atomic E-state index is 12.0. The standard InChI is InChI=1S/C16H13Cl2N3O4/c1-9-19-6-11(24-9)7-20-16(22)14-5-10(25-21-14)8-23-15-12(17)3-2-4-13(15)18/h2-6H,7-8H2,1H3,(H,20,22). The number of amides is 1. The van der Waals surface area contributed by atoms with Gasteiger partial charge in [0.2, 0.25) is 0 Å². The molecule has 3 rings (SSSR count). The summed E-state index contributed by atoms with van der Waals surface area (Å²) >= 11 is 12.0. The number of nitrogens with one attached hydrogen (secondary N) is 1. The third-order valence-corrected chi connectivity index (χ3v) is 3.76. The monoisotopic (exact) mass is 381 g/mol. The molecule has 25 heavy (non-hydrogen) atoms. The maximum atomic E-state index is 12.0.